The largest absolute Gasteiger partial charge is 0.496 e. The van der Waals surface area contributed by atoms with Crippen LogP contribution >= 0.6 is 11.6 Å². The highest BCUT2D eigenvalue weighted by molar-refractivity contribution is 6.33. The summed E-state index contributed by atoms with van der Waals surface area (Å²) in [7, 11) is 3.15. The van der Waals surface area contributed by atoms with Crippen LogP contribution in [-0.4, -0.2) is 73.3 Å². The number of nitrogens with one attached hydrogen (secondary N) is 2. The van der Waals surface area contributed by atoms with Gasteiger partial charge in [0.15, 0.2) is 0 Å². The SMILES string of the molecule is COc1cc(N)c(Cl)cc1C(=O)N[C@H]1CCN(CCNc2ncccn2)C[C@H]1OC. The van der Waals surface area contributed by atoms with Gasteiger partial charge in [-0.25, -0.2) is 9.97 Å². The third kappa shape index (κ3) is 5.50. The minimum absolute atomic E-state index is 0.120. The molecule has 3 rings (SSSR count). The molecule has 10 heteroatoms. The van der Waals surface area contributed by atoms with E-state index in [-0.39, 0.29) is 18.1 Å². The van der Waals surface area contributed by atoms with E-state index in [1.165, 1.54) is 13.2 Å². The van der Waals surface area contributed by atoms with E-state index in [1.807, 2.05) is 0 Å². The number of likely N-dealkylation sites (tertiary alicyclic amines) is 1. The number of amides is 1. The Labute approximate surface area is 180 Å². The number of carbonyl (C=O) groups excluding carboxylic acids is 1. The molecule has 162 valence electrons. The van der Waals surface area contributed by atoms with Crippen molar-refractivity contribution in [3.63, 3.8) is 0 Å². The predicted molar refractivity (Wildman–Crippen MR) is 116 cm³/mol. The zero-order chi connectivity index (χ0) is 21.5. The molecule has 30 heavy (non-hydrogen) atoms. The molecular formula is C20H27ClN6O3. The van der Waals surface area contributed by atoms with Crippen LogP contribution in [0.3, 0.4) is 0 Å². The van der Waals surface area contributed by atoms with Crippen molar-refractivity contribution in [2.24, 2.45) is 0 Å². The highest BCUT2D eigenvalue weighted by atomic mass is 35.5. The Morgan fingerprint density at radius 3 is 2.80 bits per heavy atom. The molecule has 1 aromatic carbocycles. The molecule has 0 saturated carbocycles. The molecular weight excluding hydrogens is 408 g/mol. The predicted octanol–water partition coefficient (Wildman–Crippen LogP) is 1.65. The molecule has 1 aliphatic rings. The third-order valence-corrected chi connectivity index (χ3v) is 5.43. The smallest absolute Gasteiger partial charge is 0.255 e. The summed E-state index contributed by atoms with van der Waals surface area (Å²) in [5.41, 5.74) is 6.52. The zero-order valence-corrected chi connectivity index (χ0v) is 17.9. The quantitative estimate of drug-likeness (QED) is 0.537. The fourth-order valence-corrected chi connectivity index (χ4v) is 3.63. The number of piperidine rings is 1. The van der Waals surface area contributed by atoms with Gasteiger partial charge in [-0.15, -0.1) is 0 Å². The van der Waals surface area contributed by atoms with E-state index in [9.17, 15) is 4.79 Å². The Hall–Kier alpha value is -2.62. The second-order valence-electron chi connectivity index (χ2n) is 7.02. The van der Waals surface area contributed by atoms with E-state index >= 15 is 0 Å². The lowest BCUT2D eigenvalue weighted by atomic mass is 10.0. The summed E-state index contributed by atoms with van der Waals surface area (Å²) in [6.45, 7) is 3.08. The fraction of sp³-hybridized carbons (Fsp3) is 0.450. The first kappa shape index (κ1) is 22.1. The molecule has 0 aliphatic carbocycles. The number of carbonyl (C=O) groups is 1. The summed E-state index contributed by atoms with van der Waals surface area (Å²) in [4.78, 5) is 23.4. The van der Waals surface area contributed by atoms with Gasteiger partial charge in [-0.05, 0) is 18.6 Å². The number of halogens is 1. The molecule has 9 nitrogen and oxygen atoms in total. The van der Waals surface area contributed by atoms with Crippen molar-refractivity contribution < 1.29 is 14.3 Å². The van der Waals surface area contributed by atoms with E-state index in [4.69, 9.17) is 26.8 Å². The summed E-state index contributed by atoms with van der Waals surface area (Å²) in [6, 6.07) is 4.74. The lowest BCUT2D eigenvalue weighted by Crippen LogP contribution is -2.55. The molecule has 4 N–H and O–H groups in total. The van der Waals surface area contributed by atoms with Gasteiger partial charge in [0.1, 0.15) is 5.75 Å². The maximum atomic E-state index is 12.8. The summed E-state index contributed by atoms with van der Waals surface area (Å²) in [5, 5.41) is 6.57. The number of nitrogen functional groups attached to an aromatic ring is 1. The maximum Gasteiger partial charge on any atom is 0.255 e. The number of hydrogen-bond acceptors (Lipinski definition) is 8. The van der Waals surface area contributed by atoms with Gasteiger partial charge in [-0.2, -0.15) is 0 Å². The lowest BCUT2D eigenvalue weighted by molar-refractivity contribution is 0.00762. The number of nitrogens with two attached hydrogens (primary N) is 1. The van der Waals surface area contributed by atoms with Crippen molar-refractivity contribution in [1.82, 2.24) is 20.2 Å². The average molecular weight is 435 g/mol. The Bertz CT molecular complexity index is 854. The molecule has 0 spiro atoms. The van der Waals surface area contributed by atoms with Crippen LogP contribution in [0.2, 0.25) is 5.02 Å². The summed E-state index contributed by atoms with van der Waals surface area (Å²) >= 11 is 6.09. The van der Waals surface area contributed by atoms with Crippen LogP contribution in [0.25, 0.3) is 0 Å². The summed E-state index contributed by atoms with van der Waals surface area (Å²) in [5.74, 6) is 0.728. The number of hydrogen-bond donors (Lipinski definition) is 3. The standard InChI is InChI=1S/C20H27ClN6O3/c1-29-17-11-15(22)14(21)10-13(17)19(28)26-16-4-8-27(12-18(16)30-2)9-7-25-20-23-5-3-6-24-20/h3,5-6,10-11,16,18H,4,7-9,12,22H2,1-2H3,(H,26,28)(H,23,24,25)/t16-,18+/m0/s1. The molecule has 0 radical (unpaired) electrons. The summed E-state index contributed by atoms with van der Waals surface area (Å²) in [6.07, 6.45) is 4.03. The van der Waals surface area contributed by atoms with Crippen LogP contribution in [0, 0.1) is 0 Å². The van der Waals surface area contributed by atoms with Gasteiger partial charge < -0.3 is 25.8 Å². The number of benzene rings is 1. The van der Waals surface area contributed by atoms with Crippen molar-refractivity contribution in [3.05, 3.63) is 41.2 Å². The number of anilines is 2. The van der Waals surface area contributed by atoms with E-state index in [0.29, 0.717) is 34.5 Å². The summed E-state index contributed by atoms with van der Waals surface area (Å²) < 4.78 is 10.9. The van der Waals surface area contributed by atoms with E-state index in [1.54, 1.807) is 31.6 Å². The Kier molecular flexibility index (Phi) is 7.67. The molecule has 1 fully saturated rings. The first-order valence-corrected chi connectivity index (χ1v) is 10.1. The van der Waals surface area contributed by atoms with E-state index < -0.39 is 0 Å². The first-order chi connectivity index (χ1) is 14.5. The van der Waals surface area contributed by atoms with Crippen molar-refractivity contribution in [1.29, 1.82) is 0 Å². The van der Waals surface area contributed by atoms with Crippen LogP contribution in [0.5, 0.6) is 5.75 Å². The first-order valence-electron chi connectivity index (χ1n) is 9.71. The Morgan fingerprint density at radius 1 is 1.33 bits per heavy atom. The van der Waals surface area contributed by atoms with Crippen molar-refractivity contribution in [2.75, 3.05) is 51.4 Å². The second-order valence-corrected chi connectivity index (χ2v) is 7.42. The van der Waals surface area contributed by atoms with Gasteiger partial charge >= 0.3 is 0 Å². The molecule has 2 aromatic rings. The van der Waals surface area contributed by atoms with E-state index in [2.05, 4.69) is 25.5 Å². The average Bonchev–Trinajstić information content (AvgIpc) is 2.76. The molecule has 2 atom stereocenters. The number of nitrogens with zero attached hydrogens (tertiary/aromatic N) is 3. The highest BCUT2D eigenvalue weighted by Gasteiger charge is 2.31. The minimum Gasteiger partial charge on any atom is -0.496 e. The van der Waals surface area contributed by atoms with Crippen molar-refractivity contribution in [2.45, 2.75) is 18.6 Å². The van der Waals surface area contributed by atoms with Crippen LogP contribution in [0.1, 0.15) is 16.8 Å². The number of methoxy groups -OCH3 is 2. The second kappa shape index (κ2) is 10.4. The van der Waals surface area contributed by atoms with Crippen molar-refractivity contribution in [3.8, 4) is 5.75 Å². The van der Waals surface area contributed by atoms with Crippen LogP contribution < -0.4 is 21.1 Å². The van der Waals surface area contributed by atoms with Gasteiger partial charge in [-0.3, -0.25) is 9.69 Å². The maximum absolute atomic E-state index is 12.8. The molecule has 1 aromatic heterocycles. The Morgan fingerprint density at radius 2 is 2.10 bits per heavy atom. The Balaban J connectivity index is 1.55. The molecule has 1 saturated heterocycles. The third-order valence-electron chi connectivity index (χ3n) is 5.10. The fourth-order valence-electron chi connectivity index (χ4n) is 3.47. The van der Waals surface area contributed by atoms with Gasteiger partial charge in [0, 0.05) is 51.7 Å². The molecule has 0 bridgehead atoms. The highest BCUT2D eigenvalue weighted by Crippen LogP contribution is 2.29. The van der Waals surface area contributed by atoms with Crippen LogP contribution in [0.15, 0.2) is 30.6 Å². The minimum atomic E-state index is -0.267. The van der Waals surface area contributed by atoms with Gasteiger partial charge in [0.05, 0.1) is 35.5 Å². The zero-order valence-electron chi connectivity index (χ0n) is 17.1. The van der Waals surface area contributed by atoms with Crippen molar-refractivity contribution >= 4 is 29.1 Å². The monoisotopic (exact) mass is 434 g/mol. The van der Waals surface area contributed by atoms with Crippen LogP contribution in [0.4, 0.5) is 11.6 Å². The van der Waals surface area contributed by atoms with Gasteiger partial charge in [0.2, 0.25) is 5.95 Å². The van der Waals surface area contributed by atoms with Gasteiger partial charge in [0.25, 0.3) is 5.91 Å². The number of ether oxygens (including phenoxy) is 2. The van der Waals surface area contributed by atoms with Crippen LogP contribution in [-0.2, 0) is 4.74 Å². The van der Waals surface area contributed by atoms with Gasteiger partial charge in [-0.1, -0.05) is 11.6 Å². The molecule has 0 unspecified atom stereocenters. The molecule has 2 heterocycles. The topological polar surface area (TPSA) is 115 Å². The lowest BCUT2D eigenvalue weighted by Gasteiger charge is -2.38. The molecule has 1 aliphatic heterocycles. The normalized spacial score (nSPS) is 19.3. The number of aromatic nitrogens is 2. The molecule has 1 amide bonds. The number of rotatable bonds is 8. The van der Waals surface area contributed by atoms with E-state index in [0.717, 1.165) is 26.1 Å².